The summed E-state index contributed by atoms with van der Waals surface area (Å²) >= 11 is 0. The molecule has 3 heterocycles. The lowest BCUT2D eigenvalue weighted by Gasteiger charge is -2.40. The SMILES string of the molecule is COc1nc(N2CCC(CC3CCN(C(=O)C(O)(c4ccccc4)C(F)(F)F)CC3)CC2)ccc1C(=O)N(C)C. The molecule has 0 spiro atoms. The predicted molar refractivity (Wildman–Crippen MR) is 144 cm³/mol. The van der Waals surface area contributed by atoms with E-state index in [-0.39, 0.29) is 19.0 Å². The highest BCUT2D eigenvalue weighted by molar-refractivity contribution is 5.96. The Labute approximate surface area is 232 Å². The van der Waals surface area contributed by atoms with Crippen LogP contribution in [0.25, 0.3) is 0 Å². The molecule has 0 bridgehead atoms. The minimum absolute atomic E-state index is 0.175. The number of hydrogen-bond donors (Lipinski definition) is 1. The van der Waals surface area contributed by atoms with Crippen molar-refractivity contribution in [3.05, 3.63) is 53.6 Å². The first kappa shape index (κ1) is 29.6. The van der Waals surface area contributed by atoms with E-state index >= 15 is 0 Å². The minimum atomic E-state index is -5.13. The average molecular weight is 563 g/mol. The Balaban J connectivity index is 1.30. The highest BCUT2D eigenvalue weighted by atomic mass is 19.4. The van der Waals surface area contributed by atoms with Gasteiger partial charge >= 0.3 is 6.18 Å². The zero-order chi connectivity index (χ0) is 29.1. The molecular formula is C29H37F3N4O4. The number of benzene rings is 1. The fourth-order valence-corrected chi connectivity index (χ4v) is 5.72. The van der Waals surface area contributed by atoms with E-state index in [1.807, 2.05) is 6.07 Å². The molecule has 4 rings (SSSR count). The van der Waals surface area contributed by atoms with E-state index in [4.69, 9.17) is 4.74 Å². The van der Waals surface area contributed by atoms with Gasteiger partial charge in [-0.2, -0.15) is 18.2 Å². The second kappa shape index (κ2) is 12.0. The number of aromatic nitrogens is 1. The van der Waals surface area contributed by atoms with Gasteiger partial charge in [-0.05, 0) is 56.1 Å². The first-order chi connectivity index (χ1) is 19.0. The van der Waals surface area contributed by atoms with Crippen LogP contribution >= 0.6 is 0 Å². The Kier molecular flexibility index (Phi) is 8.92. The largest absolute Gasteiger partial charge is 0.480 e. The molecule has 2 saturated heterocycles. The molecule has 2 aromatic rings. The first-order valence-corrected chi connectivity index (χ1v) is 13.6. The standard InChI is InChI=1S/C29H37F3N4O4/c1-34(2)26(37)23-9-10-24(33-25(23)40-3)35-15-11-20(12-16-35)19-21-13-17-36(18-14-21)27(38)28(39,29(30,31)32)22-7-5-4-6-8-22/h4-10,20-21,39H,11-19H2,1-3H3. The highest BCUT2D eigenvalue weighted by Gasteiger charge is 2.62. The summed E-state index contributed by atoms with van der Waals surface area (Å²) in [6.07, 6.45) is -1.07. The number of ether oxygens (including phenoxy) is 1. The van der Waals surface area contributed by atoms with E-state index in [1.165, 1.54) is 30.2 Å². The first-order valence-electron chi connectivity index (χ1n) is 13.6. The Morgan fingerprint density at radius 3 is 2.08 bits per heavy atom. The molecule has 2 aliphatic rings. The van der Waals surface area contributed by atoms with Gasteiger partial charge in [0.15, 0.2) is 0 Å². The van der Waals surface area contributed by atoms with Crippen molar-refractivity contribution in [2.45, 2.75) is 43.9 Å². The van der Waals surface area contributed by atoms with E-state index in [0.29, 0.717) is 36.1 Å². The summed E-state index contributed by atoms with van der Waals surface area (Å²) in [6, 6.07) is 10.1. The molecule has 218 valence electrons. The molecule has 1 unspecified atom stereocenters. The summed E-state index contributed by atoms with van der Waals surface area (Å²) in [5, 5.41) is 10.6. The number of nitrogens with zero attached hydrogens (tertiary/aromatic N) is 4. The third kappa shape index (κ3) is 6.04. The Morgan fingerprint density at radius 2 is 1.55 bits per heavy atom. The number of carbonyl (C=O) groups is 2. The number of hydrogen-bond acceptors (Lipinski definition) is 6. The summed E-state index contributed by atoms with van der Waals surface area (Å²) in [4.78, 5) is 34.7. The van der Waals surface area contributed by atoms with E-state index in [0.717, 1.165) is 55.2 Å². The van der Waals surface area contributed by atoms with Crippen LogP contribution in [-0.2, 0) is 10.4 Å². The highest BCUT2D eigenvalue weighted by Crippen LogP contribution is 2.41. The summed E-state index contributed by atoms with van der Waals surface area (Å²) < 4.78 is 47.2. The van der Waals surface area contributed by atoms with Crippen molar-refractivity contribution in [2.24, 2.45) is 11.8 Å². The molecule has 1 aromatic heterocycles. The molecule has 0 radical (unpaired) electrons. The number of likely N-dealkylation sites (tertiary alicyclic amines) is 1. The summed E-state index contributed by atoms with van der Waals surface area (Å²) in [6.45, 7) is 1.98. The summed E-state index contributed by atoms with van der Waals surface area (Å²) in [7, 11) is 4.85. The van der Waals surface area contributed by atoms with Crippen LogP contribution in [0.2, 0.25) is 0 Å². The normalized spacial score (nSPS) is 18.8. The van der Waals surface area contributed by atoms with Crippen LogP contribution in [0.3, 0.4) is 0 Å². The van der Waals surface area contributed by atoms with E-state index < -0.39 is 23.2 Å². The number of amides is 2. The second-order valence-electron chi connectivity index (χ2n) is 10.9. The Bertz CT molecular complexity index is 1180. The van der Waals surface area contributed by atoms with Gasteiger partial charge in [0.25, 0.3) is 17.4 Å². The fraction of sp³-hybridized carbons (Fsp3) is 0.552. The van der Waals surface area contributed by atoms with Crippen molar-refractivity contribution < 1.29 is 32.6 Å². The number of methoxy groups -OCH3 is 1. The average Bonchev–Trinajstić information content (AvgIpc) is 2.96. The fourth-order valence-electron chi connectivity index (χ4n) is 5.72. The smallest absolute Gasteiger partial charge is 0.430 e. The monoisotopic (exact) mass is 562 g/mol. The number of pyridine rings is 1. The van der Waals surface area contributed by atoms with Gasteiger partial charge in [-0.3, -0.25) is 9.59 Å². The van der Waals surface area contributed by atoms with Gasteiger partial charge in [-0.25, -0.2) is 0 Å². The van der Waals surface area contributed by atoms with Gasteiger partial charge in [0.05, 0.1) is 7.11 Å². The van der Waals surface area contributed by atoms with Crippen molar-refractivity contribution in [1.29, 1.82) is 0 Å². The van der Waals surface area contributed by atoms with Crippen molar-refractivity contribution in [3.63, 3.8) is 0 Å². The van der Waals surface area contributed by atoms with Gasteiger partial charge in [-0.1, -0.05) is 30.3 Å². The van der Waals surface area contributed by atoms with E-state index in [1.54, 1.807) is 20.2 Å². The van der Waals surface area contributed by atoms with Crippen LogP contribution in [0.4, 0.5) is 19.0 Å². The number of aliphatic hydroxyl groups is 1. The summed E-state index contributed by atoms with van der Waals surface area (Å²) in [5.41, 5.74) is -3.61. The van der Waals surface area contributed by atoms with Crippen molar-refractivity contribution in [3.8, 4) is 5.88 Å². The molecule has 2 aliphatic heterocycles. The molecule has 0 aliphatic carbocycles. The van der Waals surface area contributed by atoms with Crippen molar-refractivity contribution >= 4 is 17.6 Å². The van der Waals surface area contributed by atoms with Crippen LogP contribution < -0.4 is 9.64 Å². The molecule has 11 heteroatoms. The lowest BCUT2D eigenvalue weighted by atomic mass is 9.82. The number of piperidine rings is 2. The lowest BCUT2D eigenvalue weighted by molar-refractivity contribution is -0.262. The maximum absolute atomic E-state index is 13.9. The topological polar surface area (TPSA) is 86.2 Å². The van der Waals surface area contributed by atoms with Crippen LogP contribution in [-0.4, -0.2) is 85.3 Å². The molecule has 0 saturated carbocycles. The number of alkyl halides is 3. The molecule has 1 N–H and O–H groups in total. The molecule has 1 aromatic carbocycles. The van der Waals surface area contributed by atoms with Gasteiger partial charge in [0.1, 0.15) is 11.4 Å². The molecule has 2 fully saturated rings. The molecule has 1 atom stereocenters. The van der Waals surface area contributed by atoms with Gasteiger partial charge < -0.3 is 24.5 Å². The molecular weight excluding hydrogens is 525 g/mol. The van der Waals surface area contributed by atoms with Gasteiger partial charge in [0.2, 0.25) is 5.88 Å². The third-order valence-electron chi connectivity index (χ3n) is 8.09. The van der Waals surface area contributed by atoms with Crippen LogP contribution in [0.5, 0.6) is 5.88 Å². The van der Waals surface area contributed by atoms with E-state index in [9.17, 15) is 27.9 Å². The number of halogens is 3. The predicted octanol–water partition coefficient (Wildman–Crippen LogP) is 4.09. The summed E-state index contributed by atoms with van der Waals surface area (Å²) in [5.74, 6) is 0.351. The molecule has 2 amide bonds. The van der Waals surface area contributed by atoms with Gasteiger partial charge in [-0.15, -0.1) is 0 Å². The van der Waals surface area contributed by atoms with Gasteiger partial charge in [0, 0.05) is 45.8 Å². The zero-order valence-corrected chi connectivity index (χ0v) is 23.2. The van der Waals surface area contributed by atoms with Crippen molar-refractivity contribution in [1.82, 2.24) is 14.8 Å². The van der Waals surface area contributed by atoms with Crippen LogP contribution in [0, 0.1) is 11.8 Å². The number of rotatable bonds is 7. The van der Waals surface area contributed by atoms with Crippen molar-refractivity contribution in [2.75, 3.05) is 52.3 Å². The second-order valence-corrected chi connectivity index (χ2v) is 10.9. The maximum atomic E-state index is 13.9. The Morgan fingerprint density at radius 1 is 0.975 bits per heavy atom. The zero-order valence-electron chi connectivity index (χ0n) is 23.2. The Hall–Kier alpha value is -3.34. The van der Waals surface area contributed by atoms with Crippen LogP contribution in [0.1, 0.15) is 48.0 Å². The number of carbonyl (C=O) groups excluding carboxylic acids is 2. The van der Waals surface area contributed by atoms with Crippen LogP contribution in [0.15, 0.2) is 42.5 Å². The third-order valence-corrected chi connectivity index (χ3v) is 8.09. The minimum Gasteiger partial charge on any atom is -0.480 e. The molecule has 40 heavy (non-hydrogen) atoms. The molecule has 8 nitrogen and oxygen atoms in total. The maximum Gasteiger partial charge on any atom is 0.430 e. The number of anilines is 1. The lowest BCUT2D eigenvalue weighted by Crippen LogP contribution is -2.57. The quantitative estimate of drug-likeness (QED) is 0.547. The van der Waals surface area contributed by atoms with E-state index in [2.05, 4.69) is 9.88 Å².